The van der Waals surface area contributed by atoms with Crippen LogP contribution in [0.4, 0.5) is 23.2 Å². The van der Waals surface area contributed by atoms with Gasteiger partial charge in [0.2, 0.25) is 0 Å². The fourth-order valence-electron chi connectivity index (χ4n) is 2.09. The van der Waals surface area contributed by atoms with Crippen LogP contribution in [0.25, 0.3) is 0 Å². The third-order valence-electron chi connectivity index (χ3n) is 3.43. The van der Waals surface area contributed by atoms with Crippen molar-refractivity contribution in [2.24, 2.45) is 0 Å². The third-order valence-corrected chi connectivity index (χ3v) is 4.81. The number of halogens is 4. The van der Waals surface area contributed by atoms with E-state index < -0.39 is 33.3 Å². The first-order valence-electron chi connectivity index (χ1n) is 7.76. The van der Waals surface area contributed by atoms with Crippen LogP contribution in [0.3, 0.4) is 0 Å². The van der Waals surface area contributed by atoms with Gasteiger partial charge in [0.25, 0.3) is 10.0 Å². The van der Waals surface area contributed by atoms with Crippen molar-refractivity contribution >= 4 is 15.7 Å². The molecule has 0 unspecified atom stereocenters. The summed E-state index contributed by atoms with van der Waals surface area (Å²) < 4.78 is 84.0. The molecule has 0 aliphatic heterocycles. The van der Waals surface area contributed by atoms with Gasteiger partial charge < -0.3 is 4.74 Å². The summed E-state index contributed by atoms with van der Waals surface area (Å²) in [6.45, 7) is 2.47. The molecule has 0 radical (unpaired) electrons. The molecule has 1 N–H and O–H groups in total. The predicted molar refractivity (Wildman–Crippen MR) is 89.1 cm³/mol. The average Bonchev–Trinajstić information content (AvgIpc) is 2.56. The quantitative estimate of drug-likeness (QED) is 0.544. The summed E-state index contributed by atoms with van der Waals surface area (Å²) in [7, 11) is -4.28. The number of unbranched alkanes of at least 4 members (excludes halogenated alkanes) is 1. The van der Waals surface area contributed by atoms with E-state index in [9.17, 15) is 26.0 Å². The summed E-state index contributed by atoms with van der Waals surface area (Å²) >= 11 is 0. The normalized spacial score (nSPS) is 12.0. The highest BCUT2D eigenvalue weighted by atomic mass is 32.2. The summed E-state index contributed by atoms with van der Waals surface area (Å²) in [5, 5.41) is 0. The van der Waals surface area contributed by atoms with Crippen molar-refractivity contribution in [1.82, 2.24) is 0 Å². The minimum Gasteiger partial charge on any atom is -0.494 e. The summed E-state index contributed by atoms with van der Waals surface area (Å²) in [5.41, 5.74) is -2.15. The monoisotopic (exact) mass is 391 g/mol. The first-order chi connectivity index (χ1) is 12.1. The van der Waals surface area contributed by atoms with Gasteiger partial charge in [0.1, 0.15) is 11.6 Å². The molecule has 0 saturated carbocycles. The Bertz CT molecular complexity index is 849. The van der Waals surface area contributed by atoms with E-state index in [0.29, 0.717) is 12.4 Å². The maximum absolute atomic E-state index is 13.1. The minimum atomic E-state index is -4.91. The number of sulfonamides is 1. The molecule has 26 heavy (non-hydrogen) atoms. The van der Waals surface area contributed by atoms with E-state index in [1.807, 2.05) is 11.6 Å². The van der Waals surface area contributed by atoms with Gasteiger partial charge >= 0.3 is 6.18 Å². The number of alkyl halides is 3. The van der Waals surface area contributed by atoms with E-state index in [1.54, 1.807) is 0 Å². The zero-order valence-electron chi connectivity index (χ0n) is 13.8. The lowest BCUT2D eigenvalue weighted by Gasteiger charge is -2.15. The van der Waals surface area contributed by atoms with Crippen LogP contribution in [0, 0.1) is 5.82 Å². The molecule has 0 saturated heterocycles. The Kier molecular flexibility index (Phi) is 6.12. The zero-order valence-corrected chi connectivity index (χ0v) is 14.6. The maximum atomic E-state index is 13.1. The van der Waals surface area contributed by atoms with Crippen LogP contribution in [-0.2, 0) is 16.2 Å². The van der Waals surface area contributed by atoms with Crippen LogP contribution >= 0.6 is 0 Å². The second kappa shape index (κ2) is 7.94. The fraction of sp³-hybridized carbons (Fsp3) is 0.294. The molecule has 0 aromatic heterocycles. The maximum Gasteiger partial charge on any atom is 0.418 e. The second-order valence-corrected chi connectivity index (χ2v) is 7.15. The van der Waals surface area contributed by atoms with E-state index in [-0.39, 0.29) is 11.0 Å². The number of anilines is 1. The fourth-order valence-corrected chi connectivity index (χ4v) is 3.17. The van der Waals surface area contributed by atoms with Crippen molar-refractivity contribution in [3.05, 3.63) is 53.8 Å². The van der Waals surface area contributed by atoms with E-state index in [2.05, 4.69) is 0 Å². The van der Waals surface area contributed by atoms with Crippen LogP contribution in [0.1, 0.15) is 25.3 Å². The number of hydrogen-bond acceptors (Lipinski definition) is 3. The number of ether oxygens (including phenoxy) is 1. The van der Waals surface area contributed by atoms with Crippen molar-refractivity contribution in [1.29, 1.82) is 0 Å². The molecule has 0 bridgehead atoms. The molecule has 0 spiro atoms. The Balaban J connectivity index is 2.24. The van der Waals surface area contributed by atoms with Gasteiger partial charge in [-0.2, -0.15) is 13.2 Å². The molecular weight excluding hydrogens is 374 g/mol. The van der Waals surface area contributed by atoms with Gasteiger partial charge in [-0.05, 0) is 48.9 Å². The van der Waals surface area contributed by atoms with Crippen LogP contribution < -0.4 is 9.46 Å². The Morgan fingerprint density at radius 3 is 2.31 bits per heavy atom. The molecule has 0 aliphatic rings. The van der Waals surface area contributed by atoms with Gasteiger partial charge in [-0.25, -0.2) is 12.8 Å². The molecule has 9 heteroatoms. The van der Waals surface area contributed by atoms with Gasteiger partial charge in [-0.3, -0.25) is 4.72 Å². The van der Waals surface area contributed by atoms with Crippen molar-refractivity contribution in [3.63, 3.8) is 0 Å². The van der Waals surface area contributed by atoms with Crippen molar-refractivity contribution in [2.45, 2.75) is 30.8 Å². The lowest BCUT2D eigenvalue weighted by atomic mass is 10.2. The molecule has 0 fully saturated rings. The molecule has 0 atom stereocenters. The summed E-state index contributed by atoms with van der Waals surface area (Å²) in [6.07, 6.45) is -3.13. The SMILES string of the molecule is CCCCOc1ccc(S(=O)(=O)Nc2ccc(F)cc2C(F)(F)F)cc1. The molecule has 142 valence electrons. The molecule has 0 amide bonds. The minimum absolute atomic E-state index is 0.238. The first kappa shape index (κ1) is 20.0. The number of nitrogens with one attached hydrogen (secondary N) is 1. The van der Waals surface area contributed by atoms with Gasteiger partial charge in [-0.1, -0.05) is 13.3 Å². The zero-order chi connectivity index (χ0) is 19.4. The third kappa shape index (κ3) is 5.10. The predicted octanol–water partition coefficient (Wildman–Crippen LogP) is 4.82. The molecule has 2 aromatic rings. The van der Waals surface area contributed by atoms with Gasteiger partial charge in [-0.15, -0.1) is 0 Å². The number of benzene rings is 2. The lowest BCUT2D eigenvalue weighted by molar-refractivity contribution is -0.137. The van der Waals surface area contributed by atoms with Crippen molar-refractivity contribution in [3.8, 4) is 5.75 Å². The standard InChI is InChI=1S/C17H17F4NO3S/c1-2-3-10-25-13-5-7-14(8-6-13)26(23,24)22-16-9-4-12(18)11-15(16)17(19,20)21/h4-9,11,22H,2-3,10H2,1H3. The molecule has 2 rings (SSSR count). The van der Waals surface area contributed by atoms with Crippen molar-refractivity contribution < 1.29 is 30.7 Å². The van der Waals surface area contributed by atoms with Gasteiger partial charge in [0.15, 0.2) is 0 Å². The number of rotatable bonds is 7. The van der Waals surface area contributed by atoms with E-state index >= 15 is 0 Å². The summed E-state index contributed by atoms with van der Waals surface area (Å²) in [4.78, 5) is -0.238. The Hall–Kier alpha value is -2.29. The first-order valence-corrected chi connectivity index (χ1v) is 9.24. The van der Waals surface area contributed by atoms with E-state index in [1.165, 1.54) is 24.3 Å². The molecular formula is C17H17F4NO3S. The van der Waals surface area contributed by atoms with Crippen molar-refractivity contribution in [2.75, 3.05) is 11.3 Å². The average molecular weight is 391 g/mol. The molecule has 2 aromatic carbocycles. The van der Waals surface area contributed by atoms with Crippen LogP contribution in [0.5, 0.6) is 5.75 Å². The highest BCUT2D eigenvalue weighted by molar-refractivity contribution is 7.92. The smallest absolute Gasteiger partial charge is 0.418 e. The molecule has 4 nitrogen and oxygen atoms in total. The topological polar surface area (TPSA) is 55.4 Å². The highest BCUT2D eigenvalue weighted by Crippen LogP contribution is 2.36. The number of hydrogen-bond donors (Lipinski definition) is 1. The van der Waals surface area contributed by atoms with E-state index in [0.717, 1.165) is 25.0 Å². The highest BCUT2D eigenvalue weighted by Gasteiger charge is 2.35. The second-order valence-electron chi connectivity index (χ2n) is 5.47. The van der Waals surface area contributed by atoms with Crippen LogP contribution in [0.2, 0.25) is 0 Å². The van der Waals surface area contributed by atoms with Gasteiger partial charge in [0, 0.05) is 0 Å². The summed E-state index contributed by atoms with van der Waals surface area (Å²) in [5.74, 6) is -0.663. The van der Waals surface area contributed by atoms with Crippen LogP contribution in [-0.4, -0.2) is 15.0 Å². The summed E-state index contributed by atoms with van der Waals surface area (Å²) in [6, 6.07) is 7.00. The van der Waals surface area contributed by atoms with Gasteiger partial charge in [0.05, 0.1) is 22.8 Å². The van der Waals surface area contributed by atoms with Crippen LogP contribution in [0.15, 0.2) is 47.4 Å². The Morgan fingerprint density at radius 2 is 1.73 bits per heavy atom. The molecule has 0 aliphatic carbocycles. The molecule has 0 heterocycles. The Labute approximate surface area is 148 Å². The lowest BCUT2D eigenvalue weighted by Crippen LogP contribution is -2.17. The Morgan fingerprint density at radius 1 is 1.08 bits per heavy atom. The largest absolute Gasteiger partial charge is 0.494 e. The van der Waals surface area contributed by atoms with E-state index in [4.69, 9.17) is 4.74 Å².